The van der Waals surface area contributed by atoms with E-state index in [4.69, 9.17) is 23.1 Å². The van der Waals surface area contributed by atoms with Crippen molar-refractivity contribution in [2.24, 2.45) is 5.73 Å². The second-order valence-corrected chi connectivity index (χ2v) is 2.34. The SMILES string of the molecule is NCc1cc(Cl)cc(N)n1. The normalized spacial score (nSPS) is 9.80. The number of aromatic nitrogens is 1. The maximum Gasteiger partial charge on any atom is 0.125 e. The van der Waals surface area contributed by atoms with Gasteiger partial charge in [0.15, 0.2) is 0 Å². The van der Waals surface area contributed by atoms with E-state index in [1.165, 1.54) is 0 Å². The van der Waals surface area contributed by atoms with Gasteiger partial charge in [-0.1, -0.05) is 11.6 Å². The molecule has 0 aliphatic carbocycles. The smallest absolute Gasteiger partial charge is 0.125 e. The van der Waals surface area contributed by atoms with E-state index >= 15 is 0 Å². The Morgan fingerprint density at radius 1 is 1.50 bits per heavy atom. The van der Waals surface area contributed by atoms with Crippen molar-refractivity contribution in [2.45, 2.75) is 6.54 Å². The maximum absolute atomic E-state index is 5.65. The third-order valence-electron chi connectivity index (χ3n) is 1.07. The molecule has 1 rings (SSSR count). The molecule has 0 unspecified atom stereocenters. The number of nitrogens with zero attached hydrogens (tertiary/aromatic N) is 1. The van der Waals surface area contributed by atoms with E-state index in [-0.39, 0.29) is 0 Å². The van der Waals surface area contributed by atoms with E-state index < -0.39 is 0 Å². The highest BCUT2D eigenvalue weighted by Gasteiger charge is 1.94. The van der Waals surface area contributed by atoms with Crippen molar-refractivity contribution in [1.82, 2.24) is 4.98 Å². The summed E-state index contributed by atoms with van der Waals surface area (Å²) in [5.41, 5.74) is 11.4. The van der Waals surface area contributed by atoms with Gasteiger partial charge in [-0.25, -0.2) is 4.98 Å². The fourth-order valence-corrected chi connectivity index (χ4v) is 0.915. The average molecular weight is 158 g/mol. The minimum atomic E-state index is 0.366. The van der Waals surface area contributed by atoms with E-state index in [2.05, 4.69) is 4.98 Å². The summed E-state index contributed by atoms with van der Waals surface area (Å²) in [6.45, 7) is 0.366. The number of pyridine rings is 1. The molecule has 1 heterocycles. The lowest BCUT2D eigenvalue weighted by Gasteiger charge is -1.97. The summed E-state index contributed by atoms with van der Waals surface area (Å²) in [4.78, 5) is 3.92. The largest absolute Gasteiger partial charge is 0.384 e. The zero-order valence-corrected chi connectivity index (χ0v) is 6.10. The molecule has 4 heteroatoms. The first-order valence-corrected chi connectivity index (χ1v) is 3.22. The quantitative estimate of drug-likeness (QED) is 0.633. The first-order chi connectivity index (χ1) is 4.72. The summed E-state index contributed by atoms with van der Waals surface area (Å²) >= 11 is 5.65. The highest BCUT2D eigenvalue weighted by molar-refractivity contribution is 6.30. The molecule has 0 saturated carbocycles. The molecule has 4 N–H and O–H groups in total. The molecule has 3 nitrogen and oxygen atoms in total. The van der Waals surface area contributed by atoms with Gasteiger partial charge in [0, 0.05) is 11.6 Å². The summed E-state index contributed by atoms with van der Waals surface area (Å²) in [5, 5.41) is 0.577. The van der Waals surface area contributed by atoms with Crippen molar-refractivity contribution < 1.29 is 0 Å². The van der Waals surface area contributed by atoms with Crippen LogP contribution in [0.15, 0.2) is 12.1 Å². The number of hydrogen-bond acceptors (Lipinski definition) is 3. The van der Waals surface area contributed by atoms with Crippen molar-refractivity contribution in [3.63, 3.8) is 0 Å². The van der Waals surface area contributed by atoms with Crippen LogP contribution in [0.3, 0.4) is 0 Å². The minimum absolute atomic E-state index is 0.366. The predicted octanol–water partition coefficient (Wildman–Crippen LogP) is 0.776. The van der Waals surface area contributed by atoms with Crippen LogP contribution in [0.4, 0.5) is 5.82 Å². The first kappa shape index (κ1) is 7.31. The fraction of sp³-hybridized carbons (Fsp3) is 0.167. The summed E-state index contributed by atoms with van der Waals surface area (Å²) in [7, 11) is 0. The van der Waals surface area contributed by atoms with Crippen molar-refractivity contribution in [3.8, 4) is 0 Å². The van der Waals surface area contributed by atoms with E-state index in [0.29, 0.717) is 23.1 Å². The molecule has 0 atom stereocenters. The third kappa shape index (κ3) is 1.59. The topological polar surface area (TPSA) is 64.9 Å². The Bertz CT molecular complexity index is 216. The zero-order chi connectivity index (χ0) is 7.56. The van der Waals surface area contributed by atoms with Crippen LogP contribution in [-0.4, -0.2) is 4.98 Å². The van der Waals surface area contributed by atoms with Crippen molar-refractivity contribution in [1.29, 1.82) is 0 Å². The van der Waals surface area contributed by atoms with Crippen LogP contribution in [0, 0.1) is 0 Å². The van der Waals surface area contributed by atoms with Gasteiger partial charge in [-0.2, -0.15) is 0 Å². The Kier molecular flexibility index (Phi) is 2.09. The van der Waals surface area contributed by atoms with Gasteiger partial charge in [0.25, 0.3) is 0 Å². The van der Waals surface area contributed by atoms with Gasteiger partial charge in [-0.15, -0.1) is 0 Å². The van der Waals surface area contributed by atoms with E-state index in [1.54, 1.807) is 12.1 Å². The van der Waals surface area contributed by atoms with Gasteiger partial charge in [0.2, 0.25) is 0 Å². The third-order valence-corrected chi connectivity index (χ3v) is 1.29. The number of nitrogens with two attached hydrogens (primary N) is 2. The Labute approximate surface area is 64.0 Å². The predicted molar refractivity (Wildman–Crippen MR) is 41.6 cm³/mol. The number of anilines is 1. The van der Waals surface area contributed by atoms with Gasteiger partial charge in [0.1, 0.15) is 5.82 Å². The second-order valence-electron chi connectivity index (χ2n) is 1.91. The summed E-state index contributed by atoms with van der Waals surface area (Å²) in [6.07, 6.45) is 0. The number of rotatable bonds is 1. The van der Waals surface area contributed by atoms with Crippen LogP contribution in [0.1, 0.15) is 5.69 Å². The monoisotopic (exact) mass is 157 g/mol. The Balaban J connectivity index is 3.06. The molecule has 0 bridgehead atoms. The molecule has 0 amide bonds. The molecule has 0 radical (unpaired) electrons. The lowest BCUT2D eigenvalue weighted by atomic mass is 10.3. The molecule has 0 aromatic carbocycles. The number of hydrogen-bond donors (Lipinski definition) is 2. The first-order valence-electron chi connectivity index (χ1n) is 2.84. The Hall–Kier alpha value is -0.800. The van der Waals surface area contributed by atoms with E-state index in [1.807, 2.05) is 0 Å². The summed E-state index contributed by atoms with van der Waals surface area (Å²) < 4.78 is 0. The standard InChI is InChI=1S/C6H8ClN3/c7-4-1-5(3-8)10-6(9)2-4/h1-2H,3,8H2,(H2,9,10). The molecule has 1 aromatic heterocycles. The highest BCUT2D eigenvalue weighted by Crippen LogP contribution is 2.12. The van der Waals surface area contributed by atoms with Gasteiger partial charge in [-0.05, 0) is 12.1 Å². The Morgan fingerprint density at radius 3 is 2.70 bits per heavy atom. The van der Waals surface area contributed by atoms with Crippen molar-refractivity contribution >= 4 is 17.4 Å². The van der Waals surface area contributed by atoms with Crippen LogP contribution in [-0.2, 0) is 6.54 Å². The second kappa shape index (κ2) is 2.86. The number of nitrogen functional groups attached to an aromatic ring is 1. The van der Waals surface area contributed by atoms with Crippen LogP contribution >= 0.6 is 11.6 Å². The van der Waals surface area contributed by atoms with Crippen LogP contribution in [0.25, 0.3) is 0 Å². The molecule has 0 aliphatic rings. The summed E-state index contributed by atoms with van der Waals surface area (Å²) in [6, 6.07) is 3.28. The summed E-state index contributed by atoms with van der Waals surface area (Å²) in [5.74, 6) is 0.410. The van der Waals surface area contributed by atoms with Crippen molar-refractivity contribution in [2.75, 3.05) is 5.73 Å². The Morgan fingerprint density at radius 2 is 2.20 bits per heavy atom. The van der Waals surface area contributed by atoms with E-state index in [9.17, 15) is 0 Å². The van der Waals surface area contributed by atoms with Gasteiger partial charge < -0.3 is 11.5 Å². The minimum Gasteiger partial charge on any atom is -0.384 e. The molecule has 0 aliphatic heterocycles. The lowest BCUT2D eigenvalue weighted by molar-refractivity contribution is 0.995. The maximum atomic E-state index is 5.65. The van der Waals surface area contributed by atoms with Gasteiger partial charge in [0.05, 0.1) is 5.69 Å². The molecule has 10 heavy (non-hydrogen) atoms. The molecule has 0 saturated heterocycles. The van der Waals surface area contributed by atoms with Crippen LogP contribution in [0.2, 0.25) is 5.02 Å². The lowest BCUT2D eigenvalue weighted by Crippen LogP contribution is -2.01. The van der Waals surface area contributed by atoms with Crippen LogP contribution in [0.5, 0.6) is 0 Å². The molecular weight excluding hydrogens is 150 g/mol. The molecular formula is C6H8ClN3. The van der Waals surface area contributed by atoms with Gasteiger partial charge >= 0.3 is 0 Å². The fourth-order valence-electron chi connectivity index (χ4n) is 0.677. The van der Waals surface area contributed by atoms with Crippen LogP contribution < -0.4 is 11.5 Å². The molecule has 0 spiro atoms. The van der Waals surface area contributed by atoms with Gasteiger partial charge in [-0.3, -0.25) is 0 Å². The molecule has 54 valence electrons. The zero-order valence-electron chi connectivity index (χ0n) is 5.34. The van der Waals surface area contributed by atoms with Crippen molar-refractivity contribution in [3.05, 3.63) is 22.8 Å². The molecule has 0 fully saturated rings. The molecule has 1 aromatic rings. The average Bonchev–Trinajstić information content (AvgIpc) is 1.85. The van der Waals surface area contributed by atoms with E-state index in [0.717, 1.165) is 0 Å². The highest BCUT2D eigenvalue weighted by atomic mass is 35.5. The number of halogens is 1.